The summed E-state index contributed by atoms with van der Waals surface area (Å²) in [6.45, 7) is 4.54. The van der Waals surface area contributed by atoms with Gasteiger partial charge in [0.05, 0.1) is 0 Å². The summed E-state index contributed by atoms with van der Waals surface area (Å²) >= 11 is 0. The van der Waals surface area contributed by atoms with Crippen LogP contribution in [-0.4, -0.2) is 13.0 Å². The lowest BCUT2D eigenvalue weighted by molar-refractivity contribution is 0.484. The summed E-state index contributed by atoms with van der Waals surface area (Å²) in [6.07, 6.45) is 30.7. The minimum atomic E-state index is -4.27. The van der Waals surface area contributed by atoms with Crippen molar-refractivity contribution >= 4 is 20.9 Å². The number of benzene rings is 2. The maximum atomic E-state index is 12.3. The zero-order valence-corrected chi connectivity index (χ0v) is 26.8. The molecule has 0 bridgehead atoms. The monoisotopic (exact) mass is 572 g/mol. The third kappa shape index (κ3) is 14.0. The predicted molar refractivity (Wildman–Crippen MR) is 174 cm³/mol. The van der Waals surface area contributed by atoms with Crippen molar-refractivity contribution in [1.82, 2.24) is 0 Å². The lowest BCUT2D eigenvalue weighted by Crippen LogP contribution is -2.04. The van der Waals surface area contributed by atoms with Crippen LogP contribution >= 0.6 is 0 Å². The lowest BCUT2D eigenvalue weighted by Gasteiger charge is -2.16. The van der Waals surface area contributed by atoms with Crippen molar-refractivity contribution in [3.63, 3.8) is 0 Å². The summed E-state index contributed by atoms with van der Waals surface area (Å²) in [6, 6.07) is 9.52. The molecule has 228 valence electrons. The summed E-state index contributed by atoms with van der Waals surface area (Å²) < 4.78 is 34.6. The molecule has 0 heterocycles. The zero-order valence-electron chi connectivity index (χ0n) is 26.0. The zero-order chi connectivity index (χ0) is 28.9. The molecule has 0 amide bonds. The Morgan fingerprint density at radius 1 is 0.525 bits per heavy atom. The van der Waals surface area contributed by atoms with Crippen LogP contribution in [-0.2, 0) is 23.0 Å². The molecular weight excluding hydrogens is 512 g/mol. The van der Waals surface area contributed by atoms with Gasteiger partial charge in [-0.15, -0.1) is 0 Å². The molecule has 40 heavy (non-hydrogen) atoms. The van der Waals surface area contributed by atoms with Gasteiger partial charge in [0.25, 0.3) is 10.1 Å². The van der Waals surface area contributed by atoms with E-state index in [1.165, 1.54) is 134 Å². The number of rotatable bonds is 25. The molecule has 0 unspecified atom stereocenters. The quantitative estimate of drug-likeness (QED) is 0.0950. The van der Waals surface area contributed by atoms with Crippen LogP contribution in [0.4, 0.5) is 0 Å². The van der Waals surface area contributed by atoms with E-state index in [9.17, 15) is 13.0 Å². The fraction of sp³-hybridized carbons (Fsp3) is 0.722. The minimum Gasteiger partial charge on any atom is -0.282 e. The first-order valence-corrected chi connectivity index (χ1v) is 18.4. The van der Waals surface area contributed by atoms with Crippen molar-refractivity contribution in [2.75, 3.05) is 0 Å². The number of hydrogen-bond acceptors (Lipinski definition) is 2. The van der Waals surface area contributed by atoms with Crippen LogP contribution < -0.4 is 0 Å². The molecule has 0 aliphatic carbocycles. The highest BCUT2D eigenvalue weighted by molar-refractivity contribution is 7.86. The van der Waals surface area contributed by atoms with Crippen molar-refractivity contribution in [1.29, 1.82) is 0 Å². The first kappa shape index (κ1) is 34.8. The Bertz CT molecular complexity index is 1030. The fourth-order valence-electron chi connectivity index (χ4n) is 6.14. The van der Waals surface area contributed by atoms with E-state index < -0.39 is 10.1 Å². The molecule has 0 spiro atoms. The van der Waals surface area contributed by atoms with Crippen LogP contribution in [0.3, 0.4) is 0 Å². The van der Waals surface area contributed by atoms with E-state index in [4.69, 9.17) is 0 Å². The van der Waals surface area contributed by atoms with E-state index >= 15 is 0 Å². The fourth-order valence-corrected chi connectivity index (χ4v) is 6.89. The van der Waals surface area contributed by atoms with Gasteiger partial charge in [-0.05, 0) is 48.3 Å². The second-order valence-corrected chi connectivity index (χ2v) is 13.5. The average molecular weight is 573 g/mol. The van der Waals surface area contributed by atoms with Gasteiger partial charge in [-0.3, -0.25) is 4.55 Å². The Morgan fingerprint density at radius 2 is 0.950 bits per heavy atom. The summed E-state index contributed by atoms with van der Waals surface area (Å²) in [7, 11) is -4.27. The van der Waals surface area contributed by atoms with Crippen molar-refractivity contribution < 1.29 is 13.0 Å². The maximum Gasteiger partial charge on any atom is 0.295 e. The SMILES string of the molecule is CCCCCCCCCCCCCc1ccc2cccc(S(=O)(=O)O)c2c1CCCCCCCCCCCCC. The Kier molecular flexibility index (Phi) is 18.6. The molecule has 3 nitrogen and oxygen atoms in total. The topological polar surface area (TPSA) is 54.4 Å². The van der Waals surface area contributed by atoms with Gasteiger partial charge >= 0.3 is 0 Å². The standard InChI is InChI=1S/C36H60O3S/c1-3-5-7-9-11-13-15-17-19-21-23-26-32-30-31-33-27-25-29-35(40(37,38)39)36(33)34(32)28-24-22-20-18-16-14-12-10-8-6-4-2/h25,27,29-31H,3-24,26,28H2,1-2H3,(H,37,38,39). The third-order valence-corrected chi connectivity index (χ3v) is 9.47. The summed E-state index contributed by atoms with van der Waals surface area (Å²) in [4.78, 5) is 0.0730. The van der Waals surface area contributed by atoms with E-state index in [-0.39, 0.29) is 4.90 Å². The first-order valence-electron chi connectivity index (χ1n) is 17.0. The van der Waals surface area contributed by atoms with Crippen LogP contribution in [0.15, 0.2) is 35.2 Å². The van der Waals surface area contributed by atoms with E-state index in [2.05, 4.69) is 19.9 Å². The van der Waals surface area contributed by atoms with Gasteiger partial charge in [0.1, 0.15) is 4.90 Å². The summed E-state index contributed by atoms with van der Waals surface area (Å²) in [5.74, 6) is 0. The van der Waals surface area contributed by atoms with E-state index in [0.717, 1.165) is 42.0 Å². The molecule has 0 fully saturated rings. The molecule has 0 atom stereocenters. The van der Waals surface area contributed by atoms with Crippen LogP contribution in [0, 0.1) is 0 Å². The molecule has 2 rings (SSSR count). The van der Waals surface area contributed by atoms with Gasteiger partial charge < -0.3 is 0 Å². The molecular formula is C36H60O3S. The maximum absolute atomic E-state index is 12.3. The van der Waals surface area contributed by atoms with Gasteiger partial charge in [-0.25, -0.2) is 0 Å². The smallest absolute Gasteiger partial charge is 0.282 e. The Morgan fingerprint density at radius 3 is 1.40 bits per heavy atom. The molecule has 0 aromatic heterocycles. The number of hydrogen-bond donors (Lipinski definition) is 1. The average Bonchev–Trinajstić information content (AvgIpc) is 2.94. The van der Waals surface area contributed by atoms with Crippen LogP contribution in [0.25, 0.3) is 10.8 Å². The van der Waals surface area contributed by atoms with Crippen LogP contribution in [0.1, 0.15) is 166 Å². The highest BCUT2D eigenvalue weighted by atomic mass is 32.2. The van der Waals surface area contributed by atoms with Gasteiger partial charge in [-0.2, -0.15) is 8.42 Å². The minimum absolute atomic E-state index is 0.0730. The van der Waals surface area contributed by atoms with Gasteiger partial charge in [0, 0.05) is 5.39 Å². The Labute approximate surface area is 247 Å². The first-order chi connectivity index (χ1) is 19.5. The summed E-state index contributed by atoms with van der Waals surface area (Å²) in [5.41, 5.74) is 2.42. The Hall–Kier alpha value is -1.39. The highest BCUT2D eigenvalue weighted by Gasteiger charge is 2.18. The molecule has 0 radical (unpaired) electrons. The molecule has 2 aromatic rings. The molecule has 0 saturated carbocycles. The second-order valence-electron chi connectivity index (χ2n) is 12.1. The van der Waals surface area contributed by atoms with E-state index in [1.807, 2.05) is 12.1 Å². The van der Waals surface area contributed by atoms with Gasteiger partial charge in [0.2, 0.25) is 0 Å². The molecule has 2 aromatic carbocycles. The van der Waals surface area contributed by atoms with E-state index in [1.54, 1.807) is 12.1 Å². The lowest BCUT2D eigenvalue weighted by atomic mass is 9.91. The largest absolute Gasteiger partial charge is 0.295 e. The van der Waals surface area contributed by atoms with Crippen molar-refractivity contribution in [2.45, 2.75) is 173 Å². The highest BCUT2D eigenvalue weighted by Crippen LogP contribution is 2.31. The van der Waals surface area contributed by atoms with Crippen LogP contribution in [0.5, 0.6) is 0 Å². The predicted octanol–water partition coefficient (Wildman–Crippen LogP) is 11.8. The Balaban J connectivity index is 1.87. The normalized spacial score (nSPS) is 12.0. The van der Waals surface area contributed by atoms with E-state index in [0.29, 0.717) is 0 Å². The second kappa shape index (κ2) is 21.3. The van der Waals surface area contributed by atoms with Gasteiger partial charge in [0.15, 0.2) is 0 Å². The summed E-state index contributed by atoms with van der Waals surface area (Å²) in [5, 5.41) is 1.66. The van der Waals surface area contributed by atoms with Gasteiger partial charge in [-0.1, -0.05) is 167 Å². The molecule has 0 aliphatic heterocycles. The number of fused-ring (bicyclic) bond motifs is 1. The number of aryl methyl sites for hydroxylation is 2. The molecule has 0 saturated heterocycles. The van der Waals surface area contributed by atoms with Crippen molar-refractivity contribution in [3.8, 4) is 0 Å². The molecule has 4 heteroatoms. The number of unbranched alkanes of at least 4 members (excludes halogenated alkanes) is 20. The molecule has 0 aliphatic rings. The molecule has 1 N–H and O–H groups in total. The van der Waals surface area contributed by atoms with Crippen molar-refractivity contribution in [2.24, 2.45) is 0 Å². The van der Waals surface area contributed by atoms with Crippen molar-refractivity contribution in [3.05, 3.63) is 41.5 Å². The third-order valence-electron chi connectivity index (χ3n) is 8.57. The van der Waals surface area contributed by atoms with Crippen LogP contribution in [0.2, 0.25) is 0 Å².